The molecule has 218 valence electrons. The van der Waals surface area contributed by atoms with Crippen molar-refractivity contribution in [2.24, 2.45) is 11.3 Å². The van der Waals surface area contributed by atoms with Crippen molar-refractivity contribution in [3.63, 3.8) is 0 Å². The summed E-state index contributed by atoms with van der Waals surface area (Å²) in [6, 6.07) is 7.73. The monoisotopic (exact) mass is 552 g/mol. The average molecular weight is 553 g/mol. The zero-order chi connectivity index (χ0) is 28.7. The molecule has 1 saturated heterocycles. The number of fused-ring (bicyclic) bond motifs is 1. The summed E-state index contributed by atoms with van der Waals surface area (Å²) in [7, 11) is 5.06. The van der Waals surface area contributed by atoms with Crippen LogP contribution in [0.4, 0.5) is 23.1 Å². The molecule has 2 N–H and O–H groups in total. The van der Waals surface area contributed by atoms with Crippen LogP contribution in [0.2, 0.25) is 0 Å². The first-order valence-corrected chi connectivity index (χ1v) is 14.3. The van der Waals surface area contributed by atoms with Crippen molar-refractivity contribution in [2.45, 2.75) is 58.4 Å². The fourth-order valence-corrected chi connectivity index (χ4v) is 5.65. The lowest BCUT2D eigenvalue weighted by atomic mass is 9.91. The zero-order valence-corrected chi connectivity index (χ0v) is 24.5. The van der Waals surface area contributed by atoms with Gasteiger partial charge in [0.25, 0.3) is 5.91 Å². The molecule has 2 aliphatic heterocycles. The van der Waals surface area contributed by atoms with Crippen molar-refractivity contribution in [3.05, 3.63) is 36.0 Å². The van der Waals surface area contributed by atoms with Gasteiger partial charge in [0.1, 0.15) is 5.69 Å². The minimum Gasteiger partial charge on any atom is -0.388 e. The quantitative estimate of drug-likeness (QED) is 0.543. The number of hydrogen-bond acceptors (Lipinski definition) is 8. The fourth-order valence-electron chi connectivity index (χ4n) is 5.65. The Morgan fingerprint density at radius 2 is 1.75 bits per heavy atom. The molecule has 40 heavy (non-hydrogen) atoms. The summed E-state index contributed by atoms with van der Waals surface area (Å²) in [5.74, 6) is 1.76. The first-order valence-electron chi connectivity index (χ1n) is 14.3. The number of carbonyl (C=O) groups excluding carboxylic acids is 2. The number of amides is 2. The van der Waals surface area contributed by atoms with E-state index in [9.17, 15) is 9.59 Å². The van der Waals surface area contributed by atoms with Crippen LogP contribution in [-0.4, -0.2) is 75.4 Å². The highest BCUT2D eigenvalue weighted by atomic mass is 16.5. The molecule has 0 radical (unpaired) electrons. The molecular formula is C30H44N6O4. The Labute approximate surface area is 237 Å². The average Bonchev–Trinajstić information content (AvgIpc) is 3.48. The molecule has 10 nitrogen and oxygen atoms in total. The normalized spacial score (nSPS) is 19.4. The Balaban J connectivity index is 0.00000118. The molecule has 1 saturated carbocycles. The summed E-state index contributed by atoms with van der Waals surface area (Å²) in [6.45, 7) is 6.86. The molecule has 0 spiro atoms. The van der Waals surface area contributed by atoms with Crippen LogP contribution in [0, 0.1) is 11.3 Å². The summed E-state index contributed by atoms with van der Waals surface area (Å²) in [5.41, 5.74) is 1.64. The number of methoxy groups -OCH3 is 1. The Kier molecular flexibility index (Phi) is 9.97. The van der Waals surface area contributed by atoms with Crippen LogP contribution in [-0.2, 0) is 14.3 Å². The van der Waals surface area contributed by atoms with Crippen LogP contribution in [0.1, 0.15) is 62.7 Å². The second kappa shape index (κ2) is 13.4. The Morgan fingerprint density at radius 1 is 1.10 bits per heavy atom. The summed E-state index contributed by atoms with van der Waals surface area (Å²) in [6.07, 6.45) is 8.34. The maximum atomic E-state index is 13.2. The van der Waals surface area contributed by atoms with Gasteiger partial charge >= 0.3 is 0 Å². The molecule has 2 fully saturated rings. The minimum absolute atomic E-state index is 0.0677. The van der Waals surface area contributed by atoms with E-state index < -0.39 is 5.41 Å². The van der Waals surface area contributed by atoms with E-state index in [1.807, 2.05) is 45.2 Å². The van der Waals surface area contributed by atoms with E-state index in [1.165, 1.54) is 12.8 Å². The van der Waals surface area contributed by atoms with Gasteiger partial charge in [0.15, 0.2) is 5.82 Å². The van der Waals surface area contributed by atoms with Gasteiger partial charge in [-0.05, 0) is 69.7 Å². The van der Waals surface area contributed by atoms with Gasteiger partial charge in [-0.2, -0.15) is 4.98 Å². The number of rotatable bonds is 6. The van der Waals surface area contributed by atoms with Crippen molar-refractivity contribution in [2.75, 3.05) is 62.7 Å². The third-order valence-corrected chi connectivity index (χ3v) is 7.89. The molecule has 1 aromatic carbocycles. The number of anilines is 4. The van der Waals surface area contributed by atoms with Gasteiger partial charge < -0.3 is 29.9 Å². The lowest BCUT2D eigenvalue weighted by Gasteiger charge is -2.34. The van der Waals surface area contributed by atoms with Gasteiger partial charge in [-0.3, -0.25) is 9.59 Å². The van der Waals surface area contributed by atoms with Crippen LogP contribution < -0.4 is 20.4 Å². The number of benzene rings is 1. The first-order chi connectivity index (χ1) is 19.2. The number of aromatic nitrogens is 2. The third kappa shape index (κ3) is 7.09. The largest absolute Gasteiger partial charge is 0.388 e. The van der Waals surface area contributed by atoms with Gasteiger partial charge in [0.05, 0.1) is 11.6 Å². The number of carbonyl (C=O) groups is 2. The number of ether oxygens (including phenoxy) is 2. The molecule has 1 aliphatic carbocycles. The molecule has 3 aliphatic rings. The van der Waals surface area contributed by atoms with Crippen LogP contribution in [0.5, 0.6) is 0 Å². The summed E-state index contributed by atoms with van der Waals surface area (Å²) in [4.78, 5) is 39.2. The lowest BCUT2D eigenvalue weighted by Crippen LogP contribution is -2.45. The second-order valence-electron chi connectivity index (χ2n) is 11.6. The lowest BCUT2D eigenvalue weighted by molar-refractivity contribution is -0.125. The smallest absolute Gasteiger partial charge is 0.251 e. The van der Waals surface area contributed by atoms with Crippen LogP contribution >= 0.6 is 0 Å². The van der Waals surface area contributed by atoms with Gasteiger partial charge in [0.2, 0.25) is 11.9 Å². The topological polar surface area (TPSA) is 109 Å². The molecule has 2 aromatic rings. The van der Waals surface area contributed by atoms with Crippen molar-refractivity contribution in [3.8, 4) is 0 Å². The highest BCUT2D eigenvalue weighted by Gasteiger charge is 2.41. The molecule has 2 amide bonds. The van der Waals surface area contributed by atoms with E-state index in [-0.39, 0.29) is 11.8 Å². The maximum absolute atomic E-state index is 13.2. The van der Waals surface area contributed by atoms with E-state index >= 15 is 0 Å². The van der Waals surface area contributed by atoms with Gasteiger partial charge in [-0.25, -0.2) is 4.98 Å². The Hall–Kier alpha value is -3.24. The molecule has 3 heterocycles. The molecule has 0 unspecified atom stereocenters. The van der Waals surface area contributed by atoms with Crippen LogP contribution in [0.3, 0.4) is 0 Å². The highest BCUT2D eigenvalue weighted by Crippen LogP contribution is 2.40. The SMILES string of the molecule is CN1C(=O)C(C)(C)CN(C2CCCC2)c2nc(Nc3ccc(C(=O)NCC4CCOCC4)cc3)ncc21.COC. The number of hydrogen-bond donors (Lipinski definition) is 2. The summed E-state index contributed by atoms with van der Waals surface area (Å²) >= 11 is 0. The molecule has 0 bridgehead atoms. The van der Waals surface area contributed by atoms with E-state index in [0.717, 1.165) is 56.1 Å². The number of nitrogens with one attached hydrogen (secondary N) is 2. The zero-order valence-electron chi connectivity index (χ0n) is 24.5. The molecule has 1 aromatic heterocycles. The standard InChI is InChI=1S/C28H38N6O3.C2H6O/c1-28(2)18-34(22-6-4-5-7-22)24-23(33(3)26(28)36)17-30-27(32-24)31-21-10-8-20(9-11-21)25(35)29-16-19-12-14-37-15-13-19;1-3-2/h8-11,17,19,22H,4-7,12-16,18H2,1-3H3,(H,29,35)(H,30,31,32);1-2H3. The van der Waals surface area contributed by atoms with E-state index in [4.69, 9.17) is 9.72 Å². The van der Waals surface area contributed by atoms with Crippen molar-refractivity contribution in [1.82, 2.24) is 15.3 Å². The van der Waals surface area contributed by atoms with E-state index in [2.05, 4.69) is 25.3 Å². The molecular weight excluding hydrogens is 508 g/mol. The predicted molar refractivity (Wildman–Crippen MR) is 157 cm³/mol. The molecule has 5 rings (SSSR count). The van der Waals surface area contributed by atoms with Crippen molar-refractivity contribution >= 4 is 35.0 Å². The molecule has 10 heteroatoms. The van der Waals surface area contributed by atoms with Gasteiger partial charge in [0, 0.05) is 64.9 Å². The van der Waals surface area contributed by atoms with Crippen molar-refractivity contribution < 1.29 is 19.1 Å². The Bertz CT molecular complexity index is 1140. The Morgan fingerprint density at radius 3 is 2.40 bits per heavy atom. The predicted octanol–water partition coefficient (Wildman–Crippen LogP) is 4.39. The second-order valence-corrected chi connectivity index (χ2v) is 11.6. The highest BCUT2D eigenvalue weighted by molar-refractivity contribution is 6.01. The van der Waals surface area contributed by atoms with Crippen LogP contribution in [0.15, 0.2) is 30.5 Å². The summed E-state index contributed by atoms with van der Waals surface area (Å²) in [5, 5.41) is 6.33. The maximum Gasteiger partial charge on any atom is 0.251 e. The van der Waals surface area contributed by atoms with Gasteiger partial charge in [-0.15, -0.1) is 0 Å². The first kappa shape index (κ1) is 29.7. The van der Waals surface area contributed by atoms with Crippen molar-refractivity contribution in [1.29, 1.82) is 0 Å². The van der Waals surface area contributed by atoms with Crippen LogP contribution in [0.25, 0.3) is 0 Å². The summed E-state index contributed by atoms with van der Waals surface area (Å²) < 4.78 is 9.64. The van der Waals surface area contributed by atoms with E-state index in [0.29, 0.717) is 36.6 Å². The van der Waals surface area contributed by atoms with E-state index in [1.54, 1.807) is 25.3 Å². The van der Waals surface area contributed by atoms with Gasteiger partial charge in [-0.1, -0.05) is 12.8 Å². The minimum atomic E-state index is -0.521. The third-order valence-electron chi connectivity index (χ3n) is 7.89. The number of nitrogens with zero attached hydrogens (tertiary/aromatic N) is 4. The molecule has 0 atom stereocenters. The fraction of sp³-hybridized carbons (Fsp3) is 0.600.